The lowest BCUT2D eigenvalue weighted by Gasteiger charge is -2.29. The Morgan fingerprint density at radius 3 is 2.31 bits per heavy atom. The van der Waals surface area contributed by atoms with Gasteiger partial charge in [-0.25, -0.2) is 13.6 Å². The van der Waals surface area contributed by atoms with Gasteiger partial charge in [-0.05, 0) is 62.6 Å². The van der Waals surface area contributed by atoms with Crippen LogP contribution in [0, 0.1) is 11.6 Å². The van der Waals surface area contributed by atoms with Crippen LogP contribution in [0.4, 0.5) is 14.5 Å². The number of benzene rings is 2. The molecule has 4 nitrogen and oxygen atoms in total. The van der Waals surface area contributed by atoms with E-state index in [2.05, 4.69) is 5.16 Å². The van der Waals surface area contributed by atoms with E-state index in [4.69, 9.17) is 4.84 Å². The smallest absolute Gasteiger partial charge is 0.365 e. The van der Waals surface area contributed by atoms with Gasteiger partial charge in [0.15, 0.2) is 0 Å². The number of carbonyl (C=O) groups is 1. The van der Waals surface area contributed by atoms with E-state index < -0.39 is 11.8 Å². The first kappa shape index (κ1) is 18.0. The first-order valence-corrected chi connectivity index (χ1v) is 8.61. The first-order valence-electron chi connectivity index (χ1n) is 8.61. The highest BCUT2D eigenvalue weighted by molar-refractivity contribution is 5.99. The molecule has 3 rings (SSSR count). The molecule has 1 fully saturated rings. The molecule has 136 valence electrons. The van der Waals surface area contributed by atoms with Crippen LogP contribution in [0.5, 0.6) is 0 Å². The maximum atomic E-state index is 14.5. The Hall–Kier alpha value is -2.76. The lowest BCUT2D eigenvalue weighted by molar-refractivity contribution is 0.0516. The van der Waals surface area contributed by atoms with E-state index in [0.717, 1.165) is 25.9 Å². The van der Waals surface area contributed by atoms with Crippen molar-refractivity contribution in [1.29, 1.82) is 0 Å². The standard InChI is InChI=1S/C20H20F2N2O2/c1-14(23-26-20(25)15-5-8-17(21)9-6-15)16-7-10-19(18(22)13-16)24-11-3-2-4-12-24/h5-10,13H,2-4,11-12H2,1H3/b23-14+. The van der Waals surface area contributed by atoms with Gasteiger partial charge >= 0.3 is 5.97 Å². The van der Waals surface area contributed by atoms with E-state index in [1.165, 1.54) is 36.8 Å². The van der Waals surface area contributed by atoms with Crippen LogP contribution in [0.3, 0.4) is 0 Å². The summed E-state index contributed by atoms with van der Waals surface area (Å²) in [4.78, 5) is 18.8. The monoisotopic (exact) mass is 358 g/mol. The predicted octanol–water partition coefficient (Wildman–Crippen LogP) is 4.54. The SMILES string of the molecule is C/C(=N\OC(=O)c1ccc(F)cc1)c1ccc(N2CCCCC2)c(F)c1. The molecule has 0 bridgehead atoms. The molecule has 1 saturated heterocycles. The molecule has 0 aliphatic carbocycles. The molecule has 0 amide bonds. The van der Waals surface area contributed by atoms with Gasteiger partial charge in [-0.2, -0.15) is 0 Å². The molecule has 0 saturated carbocycles. The van der Waals surface area contributed by atoms with Crippen molar-refractivity contribution in [1.82, 2.24) is 0 Å². The highest BCUT2D eigenvalue weighted by Gasteiger charge is 2.16. The molecule has 0 spiro atoms. The Labute approximate surface area is 151 Å². The van der Waals surface area contributed by atoms with Crippen LogP contribution in [0.2, 0.25) is 0 Å². The molecule has 0 aromatic heterocycles. The van der Waals surface area contributed by atoms with Gasteiger partial charge in [-0.15, -0.1) is 0 Å². The first-order chi connectivity index (χ1) is 12.5. The van der Waals surface area contributed by atoms with E-state index in [-0.39, 0.29) is 11.4 Å². The van der Waals surface area contributed by atoms with Crippen LogP contribution in [0.25, 0.3) is 0 Å². The minimum atomic E-state index is -0.699. The van der Waals surface area contributed by atoms with Gasteiger partial charge in [0, 0.05) is 18.7 Å². The average molecular weight is 358 g/mol. The zero-order chi connectivity index (χ0) is 18.5. The number of rotatable bonds is 4. The van der Waals surface area contributed by atoms with Gasteiger partial charge in [-0.3, -0.25) is 0 Å². The van der Waals surface area contributed by atoms with Gasteiger partial charge in [0.1, 0.15) is 11.6 Å². The van der Waals surface area contributed by atoms with Gasteiger partial charge in [0.2, 0.25) is 0 Å². The quantitative estimate of drug-likeness (QED) is 0.458. The Morgan fingerprint density at radius 2 is 1.65 bits per heavy atom. The lowest BCUT2D eigenvalue weighted by Crippen LogP contribution is -2.30. The van der Waals surface area contributed by atoms with Gasteiger partial charge in [-0.1, -0.05) is 11.2 Å². The van der Waals surface area contributed by atoms with E-state index in [0.29, 0.717) is 17.0 Å². The highest BCUT2D eigenvalue weighted by atomic mass is 19.1. The summed E-state index contributed by atoms with van der Waals surface area (Å²) in [5.41, 5.74) is 1.69. The molecule has 26 heavy (non-hydrogen) atoms. The van der Waals surface area contributed by atoms with Gasteiger partial charge < -0.3 is 9.74 Å². The maximum Gasteiger partial charge on any atom is 0.365 e. The molecule has 0 radical (unpaired) electrons. The van der Waals surface area contributed by atoms with Crippen molar-refractivity contribution in [2.75, 3.05) is 18.0 Å². The largest absolute Gasteiger partial charge is 0.369 e. The maximum absolute atomic E-state index is 14.5. The van der Waals surface area contributed by atoms with Gasteiger partial charge in [0.05, 0.1) is 17.0 Å². The number of hydrogen-bond acceptors (Lipinski definition) is 4. The Morgan fingerprint density at radius 1 is 1.00 bits per heavy atom. The van der Waals surface area contributed by atoms with Crippen LogP contribution in [-0.2, 0) is 4.84 Å². The predicted molar refractivity (Wildman–Crippen MR) is 96.5 cm³/mol. The second-order valence-corrected chi connectivity index (χ2v) is 6.28. The summed E-state index contributed by atoms with van der Waals surface area (Å²) in [7, 11) is 0. The fraction of sp³-hybridized carbons (Fsp3) is 0.300. The number of oxime groups is 1. The molecule has 1 aliphatic heterocycles. The molecular formula is C20H20F2N2O2. The molecule has 0 atom stereocenters. The summed E-state index contributed by atoms with van der Waals surface area (Å²) in [5.74, 6) is -1.45. The number of hydrogen-bond donors (Lipinski definition) is 0. The fourth-order valence-electron chi connectivity index (χ4n) is 2.92. The molecule has 0 N–H and O–H groups in total. The molecule has 1 aliphatic rings. The van der Waals surface area contributed by atoms with E-state index in [1.54, 1.807) is 19.1 Å². The Kier molecular flexibility index (Phi) is 5.61. The lowest BCUT2D eigenvalue weighted by atomic mass is 10.1. The van der Waals surface area contributed by atoms with Crippen LogP contribution >= 0.6 is 0 Å². The second-order valence-electron chi connectivity index (χ2n) is 6.28. The number of halogens is 2. The summed E-state index contributed by atoms with van der Waals surface area (Å²) >= 11 is 0. The average Bonchev–Trinajstić information content (AvgIpc) is 2.67. The summed E-state index contributed by atoms with van der Waals surface area (Å²) in [6.45, 7) is 3.35. The topological polar surface area (TPSA) is 41.9 Å². The zero-order valence-electron chi connectivity index (χ0n) is 14.5. The van der Waals surface area contributed by atoms with Crippen LogP contribution in [0.1, 0.15) is 42.1 Å². The van der Waals surface area contributed by atoms with Crippen molar-refractivity contribution in [3.05, 3.63) is 65.2 Å². The zero-order valence-corrected chi connectivity index (χ0v) is 14.5. The van der Waals surface area contributed by atoms with Crippen molar-refractivity contribution in [2.45, 2.75) is 26.2 Å². The third kappa shape index (κ3) is 4.25. The molecule has 1 heterocycles. The Balaban J connectivity index is 1.69. The third-order valence-corrected chi connectivity index (χ3v) is 4.41. The van der Waals surface area contributed by atoms with Gasteiger partial charge in [0.25, 0.3) is 0 Å². The minimum Gasteiger partial charge on any atom is -0.369 e. The van der Waals surface area contributed by atoms with E-state index >= 15 is 0 Å². The van der Waals surface area contributed by atoms with Crippen molar-refractivity contribution in [3.63, 3.8) is 0 Å². The second kappa shape index (κ2) is 8.08. The molecule has 2 aromatic rings. The minimum absolute atomic E-state index is 0.189. The van der Waals surface area contributed by atoms with Crippen LogP contribution in [-0.4, -0.2) is 24.8 Å². The van der Waals surface area contributed by atoms with Crippen LogP contribution in [0.15, 0.2) is 47.6 Å². The van der Waals surface area contributed by atoms with Crippen molar-refractivity contribution in [2.24, 2.45) is 5.16 Å². The van der Waals surface area contributed by atoms with E-state index in [1.807, 2.05) is 4.90 Å². The Bertz CT molecular complexity index is 813. The van der Waals surface area contributed by atoms with Crippen LogP contribution < -0.4 is 4.90 Å². The van der Waals surface area contributed by atoms with E-state index in [9.17, 15) is 13.6 Å². The third-order valence-electron chi connectivity index (χ3n) is 4.41. The number of anilines is 1. The summed E-state index contributed by atoms with van der Waals surface area (Å²) in [5, 5.41) is 3.77. The molecule has 2 aromatic carbocycles. The van der Waals surface area contributed by atoms with Crippen molar-refractivity contribution in [3.8, 4) is 0 Å². The highest BCUT2D eigenvalue weighted by Crippen LogP contribution is 2.24. The molecule has 6 heteroatoms. The molecule has 0 unspecified atom stereocenters. The number of carbonyl (C=O) groups excluding carboxylic acids is 1. The molecular weight excluding hydrogens is 338 g/mol. The number of nitrogens with zero attached hydrogens (tertiary/aromatic N) is 2. The normalized spacial score (nSPS) is 15.0. The summed E-state index contributed by atoms with van der Waals surface area (Å²) < 4.78 is 27.3. The van der Waals surface area contributed by atoms with Crippen molar-refractivity contribution >= 4 is 17.4 Å². The summed E-state index contributed by atoms with van der Waals surface area (Å²) in [6.07, 6.45) is 3.32. The summed E-state index contributed by atoms with van der Waals surface area (Å²) in [6, 6.07) is 9.86. The van der Waals surface area contributed by atoms with Crippen molar-refractivity contribution < 1.29 is 18.4 Å². The fourth-order valence-corrected chi connectivity index (χ4v) is 2.92. The number of piperidine rings is 1.